The van der Waals surface area contributed by atoms with Crippen LogP contribution in [0.3, 0.4) is 0 Å². The number of halogens is 2. The molecule has 0 radical (unpaired) electrons. The van der Waals surface area contributed by atoms with Gasteiger partial charge in [0.1, 0.15) is 5.70 Å². The number of anilines is 1. The first-order valence-electron chi connectivity index (χ1n) is 5.22. The van der Waals surface area contributed by atoms with Gasteiger partial charge in [-0.25, -0.2) is 14.0 Å². The lowest BCUT2D eigenvalue weighted by Crippen LogP contribution is -2.15. The number of nitrogens with one attached hydrogen (secondary N) is 1. The minimum Gasteiger partial charge on any atom is -0.505 e. The minimum atomic E-state index is -1.42. The molecule has 0 aliphatic heterocycles. The lowest BCUT2D eigenvalue weighted by atomic mass is 10.2. The molecule has 0 heterocycles. The van der Waals surface area contributed by atoms with Crippen molar-refractivity contribution >= 4 is 17.6 Å². The first-order chi connectivity index (χ1) is 9.38. The van der Waals surface area contributed by atoms with E-state index < -0.39 is 29.3 Å². The van der Waals surface area contributed by atoms with E-state index in [1.54, 1.807) is 0 Å². The lowest BCUT2D eigenvalue weighted by Gasteiger charge is -2.10. The van der Waals surface area contributed by atoms with Crippen molar-refractivity contribution in [1.29, 1.82) is 0 Å². The quantitative estimate of drug-likeness (QED) is 0.641. The molecule has 0 amide bonds. The first kappa shape index (κ1) is 15.4. The molecule has 1 aromatic rings. The maximum absolute atomic E-state index is 13.1. The van der Waals surface area contributed by atoms with E-state index in [0.29, 0.717) is 6.07 Å². The summed E-state index contributed by atoms with van der Waals surface area (Å²) in [5.41, 5.74) is -0.522. The van der Waals surface area contributed by atoms with Crippen LogP contribution >= 0.6 is 0 Å². The molecule has 0 spiro atoms. The van der Waals surface area contributed by atoms with Crippen LogP contribution in [-0.4, -0.2) is 31.3 Å². The van der Waals surface area contributed by atoms with Crippen LogP contribution in [0.4, 0.5) is 14.5 Å². The Labute approximate surface area is 112 Å². The highest BCUT2D eigenvalue weighted by molar-refractivity contribution is 5.98. The second kappa shape index (κ2) is 6.50. The summed E-state index contributed by atoms with van der Waals surface area (Å²) in [4.78, 5) is 22.5. The smallest absolute Gasteiger partial charge is 0.354 e. The van der Waals surface area contributed by atoms with Gasteiger partial charge >= 0.3 is 11.9 Å². The van der Waals surface area contributed by atoms with E-state index in [1.165, 1.54) is 0 Å². The molecule has 0 unspecified atom stereocenters. The van der Waals surface area contributed by atoms with Crippen LogP contribution in [0.1, 0.15) is 0 Å². The van der Waals surface area contributed by atoms with E-state index in [2.05, 4.69) is 14.8 Å². The van der Waals surface area contributed by atoms with Gasteiger partial charge in [0, 0.05) is 17.8 Å². The van der Waals surface area contributed by atoms with E-state index in [-0.39, 0.29) is 11.4 Å². The fourth-order valence-electron chi connectivity index (χ4n) is 1.24. The summed E-state index contributed by atoms with van der Waals surface area (Å²) in [6, 6.07) is 1.54. The third-order valence-electron chi connectivity index (χ3n) is 2.16. The van der Waals surface area contributed by atoms with Crippen LogP contribution in [-0.2, 0) is 19.1 Å². The SMILES string of the molecule is COC(=O)/C=C(/Nc1cc(O)c(F)c(F)c1)C(=O)OC. The molecule has 0 atom stereocenters. The molecular formula is C12H11F2NO5. The van der Waals surface area contributed by atoms with Crippen molar-refractivity contribution in [3.63, 3.8) is 0 Å². The molecule has 20 heavy (non-hydrogen) atoms. The number of aromatic hydroxyl groups is 1. The normalized spacial score (nSPS) is 10.9. The highest BCUT2D eigenvalue weighted by Crippen LogP contribution is 2.24. The maximum atomic E-state index is 13.1. The highest BCUT2D eigenvalue weighted by atomic mass is 19.2. The molecule has 6 nitrogen and oxygen atoms in total. The highest BCUT2D eigenvalue weighted by Gasteiger charge is 2.15. The average molecular weight is 287 g/mol. The number of phenols is 1. The number of benzene rings is 1. The number of phenolic OH excluding ortho intramolecular Hbond substituents is 1. The van der Waals surface area contributed by atoms with Crippen molar-refractivity contribution < 1.29 is 33.0 Å². The number of methoxy groups -OCH3 is 2. The first-order valence-corrected chi connectivity index (χ1v) is 5.22. The van der Waals surface area contributed by atoms with Crippen molar-refractivity contribution in [2.24, 2.45) is 0 Å². The van der Waals surface area contributed by atoms with E-state index in [0.717, 1.165) is 26.4 Å². The fourth-order valence-corrected chi connectivity index (χ4v) is 1.24. The molecule has 0 aromatic heterocycles. The topological polar surface area (TPSA) is 84.9 Å². The molecule has 0 bridgehead atoms. The molecular weight excluding hydrogens is 276 g/mol. The molecule has 1 aromatic carbocycles. The van der Waals surface area contributed by atoms with Crippen LogP contribution in [0.15, 0.2) is 23.9 Å². The van der Waals surface area contributed by atoms with E-state index in [1.807, 2.05) is 0 Å². The van der Waals surface area contributed by atoms with Gasteiger partial charge in [0.05, 0.1) is 20.3 Å². The number of ether oxygens (including phenoxy) is 2. The Kier molecular flexibility index (Phi) is 5.01. The number of rotatable bonds is 4. The van der Waals surface area contributed by atoms with Crippen molar-refractivity contribution in [3.8, 4) is 5.75 Å². The molecule has 2 N–H and O–H groups in total. The molecule has 8 heteroatoms. The number of carbonyl (C=O) groups excluding carboxylic acids is 2. The summed E-state index contributed by atoms with van der Waals surface area (Å²) < 4.78 is 34.7. The average Bonchev–Trinajstić information content (AvgIpc) is 2.42. The van der Waals surface area contributed by atoms with Crippen molar-refractivity contribution in [2.45, 2.75) is 0 Å². The Morgan fingerprint density at radius 2 is 1.90 bits per heavy atom. The zero-order chi connectivity index (χ0) is 15.3. The van der Waals surface area contributed by atoms with Crippen LogP contribution in [0.2, 0.25) is 0 Å². The van der Waals surface area contributed by atoms with Crippen LogP contribution in [0, 0.1) is 11.6 Å². The third-order valence-corrected chi connectivity index (χ3v) is 2.16. The second-order valence-electron chi connectivity index (χ2n) is 3.49. The van der Waals surface area contributed by atoms with Gasteiger partial charge in [-0.05, 0) is 0 Å². The Hall–Kier alpha value is -2.64. The predicted molar refractivity (Wildman–Crippen MR) is 63.8 cm³/mol. The van der Waals surface area contributed by atoms with Gasteiger partial charge in [-0.15, -0.1) is 0 Å². The lowest BCUT2D eigenvalue weighted by molar-refractivity contribution is -0.138. The molecule has 108 valence electrons. The standard InChI is InChI=1S/C12H11F2NO5/c1-19-10(17)5-8(12(18)20-2)15-6-3-7(13)11(14)9(16)4-6/h3-5,15-16H,1-2H3/b8-5+. The van der Waals surface area contributed by atoms with Gasteiger partial charge in [-0.1, -0.05) is 0 Å². The summed E-state index contributed by atoms with van der Waals surface area (Å²) in [6.07, 6.45) is 0.768. The van der Waals surface area contributed by atoms with Crippen LogP contribution in [0.5, 0.6) is 5.75 Å². The molecule has 0 aliphatic carbocycles. The number of hydrogen-bond acceptors (Lipinski definition) is 6. The molecule has 0 fully saturated rings. The summed E-state index contributed by atoms with van der Waals surface area (Å²) in [7, 11) is 2.16. The van der Waals surface area contributed by atoms with E-state index >= 15 is 0 Å². The molecule has 0 saturated carbocycles. The monoisotopic (exact) mass is 287 g/mol. The molecule has 0 saturated heterocycles. The second-order valence-corrected chi connectivity index (χ2v) is 3.49. The fraction of sp³-hybridized carbons (Fsp3) is 0.167. The number of hydrogen-bond donors (Lipinski definition) is 2. The van der Waals surface area contributed by atoms with Gasteiger partial charge in [0.15, 0.2) is 17.4 Å². The van der Waals surface area contributed by atoms with Crippen molar-refractivity contribution in [3.05, 3.63) is 35.5 Å². The van der Waals surface area contributed by atoms with E-state index in [9.17, 15) is 18.4 Å². The maximum Gasteiger partial charge on any atom is 0.354 e. The van der Waals surface area contributed by atoms with Gasteiger partial charge in [0.25, 0.3) is 0 Å². The number of esters is 2. The summed E-state index contributed by atoms with van der Waals surface area (Å²) in [5.74, 6) is -5.49. The summed E-state index contributed by atoms with van der Waals surface area (Å²) in [6.45, 7) is 0. The van der Waals surface area contributed by atoms with Crippen LogP contribution in [0.25, 0.3) is 0 Å². The predicted octanol–water partition coefficient (Wildman–Crippen LogP) is 1.31. The van der Waals surface area contributed by atoms with Crippen molar-refractivity contribution in [1.82, 2.24) is 0 Å². The number of carbonyl (C=O) groups is 2. The van der Waals surface area contributed by atoms with Crippen molar-refractivity contribution in [2.75, 3.05) is 19.5 Å². The third kappa shape index (κ3) is 3.67. The Morgan fingerprint density at radius 3 is 2.40 bits per heavy atom. The van der Waals surface area contributed by atoms with Gasteiger partial charge in [-0.3, -0.25) is 0 Å². The Morgan fingerprint density at radius 1 is 1.25 bits per heavy atom. The molecule has 0 aliphatic rings. The van der Waals surface area contributed by atoms with Gasteiger partial charge < -0.3 is 19.9 Å². The van der Waals surface area contributed by atoms with Gasteiger partial charge in [-0.2, -0.15) is 4.39 Å². The zero-order valence-electron chi connectivity index (χ0n) is 10.6. The van der Waals surface area contributed by atoms with Gasteiger partial charge in [0.2, 0.25) is 0 Å². The summed E-state index contributed by atoms with van der Waals surface area (Å²) in [5, 5.41) is 11.5. The Bertz CT molecular complexity index is 548. The minimum absolute atomic E-state index is 0.151. The Balaban J connectivity index is 3.10. The van der Waals surface area contributed by atoms with E-state index in [4.69, 9.17) is 5.11 Å². The summed E-state index contributed by atoms with van der Waals surface area (Å²) >= 11 is 0. The largest absolute Gasteiger partial charge is 0.505 e. The molecule has 1 rings (SSSR count). The zero-order valence-corrected chi connectivity index (χ0v) is 10.6. The van der Waals surface area contributed by atoms with Crippen LogP contribution < -0.4 is 5.32 Å².